The molecule has 136 valence electrons. The number of amides is 1. The van der Waals surface area contributed by atoms with Crippen LogP contribution in [-0.2, 0) is 27.5 Å². The van der Waals surface area contributed by atoms with Crippen LogP contribution in [-0.4, -0.2) is 24.5 Å². The van der Waals surface area contributed by atoms with Crippen molar-refractivity contribution in [2.24, 2.45) is 0 Å². The van der Waals surface area contributed by atoms with E-state index in [2.05, 4.69) is 5.32 Å². The maximum absolute atomic E-state index is 12.0. The predicted molar refractivity (Wildman–Crippen MR) is 99.5 cm³/mol. The van der Waals surface area contributed by atoms with Gasteiger partial charge in [0.2, 0.25) is 0 Å². The Kier molecular flexibility index (Phi) is 8.09. The van der Waals surface area contributed by atoms with Gasteiger partial charge in [-0.05, 0) is 24.1 Å². The number of alkyl carbamates (subject to hydrolysis) is 1. The number of nitrogens with one attached hydrogen (secondary N) is 1. The molecule has 0 fully saturated rings. The van der Waals surface area contributed by atoms with E-state index in [9.17, 15) is 9.59 Å². The van der Waals surface area contributed by atoms with Crippen LogP contribution in [0.1, 0.15) is 18.1 Å². The Morgan fingerprint density at radius 3 is 2.12 bits per heavy atom. The number of ketones is 1. The van der Waals surface area contributed by atoms with Gasteiger partial charge in [-0.15, -0.1) is 0 Å². The SMILES string of the molecule is CC(=O)/C=C/C(COCc1ccccc1)NC(=O)OCc1ccccc1. The zero-order chi connectivity index (χ0) is 18.6. The number of rotatable bonds is 9. The van der Waals surface area contributed by atoms with Crippen LogP contribution in [0.2, 0.25) is 0 Å². The molecule has 1 unspecified atom stereocenters. The summed E-state index contributed by atoms with van der Waals surface area (Å²) in [6.07, 6.45) is 2.46. The average Bonchev–Trinajstić information content (AvgIpc) is 2.66. The predicted octanol–water partition coefficient (Wildman–Crippen LogP) is 3.64. The van der Waals surface area contributed by atoms with E-state index in [1.165, 1.54) is 13.0 Å². The lowest BCUT2D eigenvalue weighted by atomic mass is 10.2. The monoisotopic (exact) mass is 353 g/mol. The number of ether oxygens (including phenoxy) is 2. The van der Waals surface area contributed by atoms with Crippen molar-refractivity contribution in [2.75, 3.05) is 6.61 Å². The Balaban J connectivity index is 1.82. The van der Waals surface area contributed by atoms with Gasteiger partial charge in [0.1, 0.15) is 6.61 Å². The van der Waals surface area contributed by atoms with Gasteiger partial charge in [-0.1, -0.05) is 66.7 Å². The first-order valence-electron chi connectivity index (χ1n) is 8.41. The first-order chi connectivity index (χ1) is 12.6. The van der Waals surface area contributed by atoms with Crippen LogP contribution in [0.4, 0.5) is 4.79 Å². The molecule has 2 aromatic carbocycles. The quantitative estimate of drug-likeness (QED) is 0.699. The van der Waals surface area contributed by atoms with Crippen LogP contribution < -0.4 is 5.32 Å². The molecule has 0 heterocycles. The topological polar surface area (TPSA) is 64.6 Å². The first kappa shape index (κ1) is 19.4. The Hall–Kier alpha value is -2.92. The molecule has 5 heteroatoms. The van der Waals surface area contributed by atoms with Gasteiger partial charge in [-0.2, -0.15) is 0 Å². The second kappa shape index (κ2) is 10.8. The molecule has 5 nitrogen and oxygen atoms in total. The first-order valence-corrected chi connectivity index (χ1v) is 8.41. The normalized spacial score (nSPS) is 11.9. The number of hydrogen-bond acceptors (Lipinski definition) is 4. The second-order valence-corrected chi connectivity index (χ2v) is 5.78. The maximum Gasteiger partial charge on any atom is 0.408 e. The van der Waals surface area contributed by atoms with Gasteiger partial charge in [0.15, 0.2) is 5.78 Å². The van der Waals surface area contributed by atoms with Gasteiger partial charge in [0.05, 0.1) is 19.3 Å². The number of carbonyl (C=O) groups excluding carboxylic acids is 2. The molecule has 2 rings (SSSR count). The van der Waals surface area contributed by atoms with E-state index in [0.29, 0.717) is 6.61 Å². The van der Waals surface area contributed by atoms with Gasteiger partial charge in [-0.3, -0.25) is 4.79 Å². The summed E-state index contributed by atoms with van der Waals surface area (Å²) in [6, 6.07) is 18.7. The van der Waals surface area contributed by atoms with Crippen molar-refractivity contribution >= 4 is 11.9 Å². The van der Waals surface area contributed by atoms with Crippen molar-refractivity contribution in [3.8, 4) is 0 Å². The van der Waals surface area contributed by atoms with E-state index in [4.69, 9.17) is 9.47 Å². The zero-order valence-corrected chi connectivity index (χ0v) is 14.8. The van der Waals surface area contributed by atoms with Crippen molar-refractivity contribution in [2.45, 2.75) is 26.2 Å². The van der Waals surface area contributed by atoms with Crippen LogP contribution in [0, 0.1) is 0 Å². The highest BCUT2D eigenvalue weighted by Gasteiger charge is 2.11. The standard InChI is InChI=1S/C21H23NO4/c1-17(23)12-13-20(16-25-14-18-8-4-2-5-9-18)22-21(24)26-15-19-10-6-3-7-11-19/h2-13,20H,14-16H2,1H3,(H,22,24)/b13-12+. The molecular weight excluding hydrogens is 330 g/mol. The van der Waals surface area contributed by atoms with E-state index in [-0.39, 0.29) is 19.0 Å². The third kappa shape index (κ3) is 7.77. The van der Waals surface area contributed by atoms with E-state index >= 15 is 0 Å². The summed E-state index contributed by atoms with van der Waals surface area (Å²) in [5.74, 6) is -0.0995. The Morgan fingerprint density at radius 2 is 1.54 bits per heavy atom. The Bertz CT molecular complexity index is 713. The fraction of sp³-hybridized carbons (Fsp3) is 0.238. The lowest BCUT2D eigenvalue weighted by Gasteiger charge is -2.15. The highest BCUT2D eigenvalue weighted by atomic mass is 16.5. The van der Waals surface area contributed by atoms with Crippen LogP contribution in [0.5, 0.6) is 0 Å². The molecule has 0 aromatic heterocycles. The fourth-order valence-electron chi connectivity index (χ4n) is 2.19. The molecule has 0 radical (unpaired) electrons. The second-order valence-electron chi connectivity index (χ2n) is 5.78. The van der Waals surface area contributed by atoms with Gasteiger partial charge < -0.3 is 14.8 Å². The van der Waals surface area contributed by atoms with Crippen LogP contribution in [0.15, 0.2) is 72.8 Å². The van der Waals surface area contributed by atoms with Crippen molar-refractivity contribution in [3.63, 3.8) is 0 Å². The summed E-state index contributed by atoms with van der Waals surface area (Å²) in [6.45, 7) is 2.29. The van der Waals surface area contributed by atoms with Crippen LogP contribution in [0.25, 0.3) is 0 Å². The molecule has 0 spiro atoms. The van der Waals surface area contributed by atoms with Crippen LogP contribution >= 0.6 is 0 Å². The summed E-state index contributed by atoms with van der Waals surface area (Å²) in [4.78, 5) is 23.2. The van der Waals surface area contributed by atoms with Crippen molar-refractivity contribution in [3.05, 3.63) is 83.9 Å². The smallest absolute Gasteiger partial charge is 0.408 e. The van der Waals surface area contributed by atoms with E-state index < -0.39 is 12.1 Å². The Morgan fingerprint density at radius 1 is 0.962 bits per heavy atom. The third-order valence-electron chi connectivity index (χ3n) is 3.49. The minimum absolute atomic E-state index is 0.0995. The Labute approximate surface area is 153 Å². The average molecular weight is 353 g/mol. The molecule has 0 aliphatic rings. The third-order valence-corrected chi connectivity index (χ3v) is 3.49. The van der Waals surface area contributed by atoms with Crippen molar-refractivity contribution < 1.29 is 19.1 Å². The highest BCUT2D eigenvalue weighted by Crippen LogP contribution is 2.03. The molecule has 26 heavy (non-hydrogen) atoms. The van der Waals surface area contributed by atoms with Gasteiger partial charge >= 0.3 is 6.09 Å². The molecule has 1 atom stereocenters. The molecule has 0 aliphatic carbocycles. The minimum atomic E-state index is -0.560. The molecule has 1 N–H and O–H groups in total. The summed E-state index contributed by atoms with van der Waals surface area (Å²) in [5.41, 5.74) is 1.94. The van der Waals surface area contributed by atoms with Gasteiger partial charge in [0.25, 0.3) is 0 Å². The largest absolute Gasteiger partial charge is 0.445 e. The zero-order valence-electron chi connectivity index (χ0n) is 14.8. The van der Waals surface area contributed by atoms with Crippen LogP contribution in [0.3, 0.4) is 0 Å². The minimum Gasteiger partial charge on any atom is -0.445 e. The number of carbonyl (C=O) groups is 2. The summed E-state index contributed by atoms with van der Waals surface area (Å²) in [7, 11) is 0. The molecular formula is C21H23NO4. The number of hydrogen-bond donors (Lipinski definition) is 1. The molecule has 0 aliphatic heterocycles. The van der Waals surface area contributed by atoms with Crippen molar-refractivity contribution in [1.82, 2.24) is 5.32 Å². The molecule has 0 bridgehead atoms. The van der Waals surface area contributed by atoms with Crippen molar-refractivity contribution in [1.29, 1.82) is 0 Å². The number of benzene rings is 2. The summed E-state index contributed by atoms with van der Waals surface area (Å²) < 4.78 is 10.9. The summed E-state index contributed by atoms with van der Waals surface area (Å²) in [5, 5.41) is 2.70. The fourth-order valence-corrected chi connectivity index (χ4v) is 2.19. The van der Waals surface area contributed by atoms with Gasteiger partial charge in [-0.25, -0.2) is 4.79 Å². The highest BCUT2D eigenvalue weighted by molar-refractivity contribution is 5.87. The molecule has 0 saturated heterocycles. The molecule has 2 aromatic rings. The number of allylic oxidation sites excluding steroid dienone is 1. The van der Waals surface area contributed by atoms with E-state index in [0.717, 1.165) is 11.1 Å². The van der Waals surface area contributed by atoms with Gasteiger partial charge in [0, 0.05) is 0 Å². The molecule has 1 amide bonds. The maximum atomic E-state index is 12.0. The van der Waals surface area contributed by atoms with E-state index in [1.54, 1.807) is 6.08 Å². The summed E-state index contributed by atoms with van der Waals surface area (Å²) >= 11 is 0. The molecule has 0 saturated carbocycles. The lowest BCUT2D eigenvalue weighted by Crippen LogP contribution is -2.37. The lowest BCUT2D eigenvalue weighted by molar-refractivity contribution is -0.112. The van der Waals surface area contributed by atoms with E-state index in [1.807, 2.05) is 60.7 Å².